The molecule has 1 N–H and O–H groups in total. The van der Waals surface area contributed by atoms with E-state index in [9.17, 15) is 13.2 Å². The first-order valence-electron chi connectivity index (χ1n) is 7.87. The Balaban J connectivity index is 1.98. The Bertz CT molecular complexity index is 923. The van der Waals surface area contributed by atoms with Gasteiger partial charge in [0.15, 0.2) is 0 Å². The van der Waals surface area contributed by atoms with Gasteiger partial charge in [0.05, 0.1) is 23.7 Å². The Hall–Kier alpha value is -2.23. The van der Waals surface area contributed by atoms with Crippen LogP contribution >= 0.6 is 11.3 Å². The van der Waals surface area contributed by atoms with Crippen molar-refractivity contribution in [2.45, 2.75) is 12.5 Å². The van der Waals surface area contributed by atoms with Crippen molar-refractivity contribution in [1.29, 1.82) is 0 Å². The molecule has 1 aliphatic heterocycles. The summed E-state index contributed by atoms with van der Waals surface area (Å²) >= 11 is 1.55. The second-order valence-corrected chi connectivity index (χ2v) is 8.44. The van der Waals surface area contributed by atoms with Crippen LogP contribution in [-0.2, 0) is 19.6 Å². The Morgan fingerprint density at radius 1 is 1.38 bits per heavy atom. The third kappa shape index (κ3) is 4.12. The fourth-order valence-electron chi connectivity index (χ4n) is 2.84. The molecule has 138 valence electrons. The number of methoxy groups -OCH3 is 1. The van der Waals surface area contributed by atoms with Crippen LogP contribution in [0.25, 0.3) is 0 Å². The molecule has 0 aliphatic carbocycles. The smallest absolute Gasteiger partial charge is 0.269 e. The zero-order valence-electron chi connectivity index (χ0n) is 14.4. The number of carbonyl (C=O) groups is 1. The van der Waals surface area contributed by atoms with Crippen LogP contribution in [0.3, 0.4) is 0 Å². The third-order valence-electron chi connectivity index (χ3n) is 3.89. The monoisotopic (exact) mass is 393 g/mol. The number of anilines is 1. The molecule has 0 spiro atoms. The van der Waals surface area contributed by atoms with Crippen LogP contribution in [0.4, 0.5) is 5.69 Å². The van der Waals surface area contributed by atoms with Crippen molar-refractivity contribution < 1.29 is 17.9 Å². The minimum Gasteiger partial charge on any atom is -0.375 e. The van der Waals surface area contributed by atoms with E-state index in [0.29, 0.717) is 23.4 Å². The van der Waals surface area contributed by atoms with Crippen LogP contribution in [0.15, 0.2) is 46.2 Å². The fraction of sp³-hybridized carbons (Fsp3) is 0.294. The molecule has 1 aliphatic rings. The highest BCUT2D eigenvalue weighted by Gasteiger charge is 2.34. The van der Waals surface area contributed by atoms with Gasteiger partial charge in [0.2, 0.25) is 10.0 Å². The summed E-state index contributed by atoms with van der Waals surface area (Å²) < 4.78 is 30.8. The Morgan fingerprint density at radius 3 is 2.81 bits per heavy atom. The van der Waals surface area contributed by atoms with E-state index in [4.69, 9.17) is 4.74 Å². The minimum absolute atomic E-state index is 0.0688. The lowest BCUT2D eigenvalue weighted by Gasteiger charge is -2.20. The van der Waals surface area contributed by atoms with E-state index < -0.39 is 10.0 Å². The van der Waals surface area contributed by atoms with Gasteiger partial charge in [-0.25, -0.2) is 13.4 Å². The molecule has 0 bridgehead atoms. The number of hydrazone groups is 1. The molecule has 1 amide bonds. The van der Waals surface area contributed by atoms with Gasteiger partial charge in [0.1, 0.15) is 6.61 Å². The highest BCUT2D eigenvalue weighted by molar-refractivity contribution is 7.92. The van der Waals surface area contributed by atoms with Crippen LogP contribution in [-0.4, -0.2) is 45.0 Å². The van der Waals surface area contributed by atoms with Crippen LogP contribution in [0.5, 0.6) is 0 Å². The second-order valence-electron chi connectivity index (χ2n) is 5.91. The first kappa shape index (κ1) is 18.6. The van der Waals surface area contributed by atoms with Gasteiger partial charge >= 0.3 is 0 Å². The lowest BCUT2D eigenvalue weighted by molar-refractivity contribution is -0.136. The predicted octanol–water partition coefficient (Wildman–Crippen LogP) is 2.44. The molecule has 1 aromatic heterocycles. The number of nitrogens with one attached hydrogen (secondary N) is 1. The molecule has 1 aromatic carbocycles. The number of hydrogen-bond donors (Lipinski definition) is 1. The van der Waals surface area contributed by atoms with Gasteiger partial charge in [0, 0.05) is 19.1 Å². The van der Waals surface area contributed by atoms with Gasteiger partial charge in [-0.1, -0.05) is 18.2 Å². The van der Waals surface area contributed by atoms with Crippen molar-refractivity contribution in [2.24, 2.45) is 5.10 Å². The van der Waals surface area contributed by atoms with Crippen molar-refractivity contribution in [1.82, 2.24) is 5.01 Å². The van der Waals surface area contributed by atoms with E-state index in [2.05, 4.69) is 9.82 Å². The van der Waals surface area contributed by atoms with Crippen molar-refractivity contribution in [3.63, 3.8) is 0 Å². The number of ether oxygens (including phenoxy) is 1. The number of nitrogens with zero attached hydrogens (tertiary/aromatic N) is 2. The Kier molecular flexibility index (Phi) is 5.40. The zero-order chi connectivity index (χ0) is 18.7. The molecule has 7 nitrogen and oxygen atoms in total. The van der Waals surface area contributed by atoms with Crippen molar-refractivity contribution in [2.75, 3.05) is 24.7 Å². The molecule has 2 aromatic rings. The van der Waals surface area contributed by atoms with E-state index in [-0.39, 0.29) is 18.6 Å². The van der Waals surface area contributed by atoms with Gasteiger partial charge < -0.3 is 4.74 Å². The lowest BCUT2D eigenvalue weighted by Crippen LogP contribution is -2.29. The number of para-hydroxylation sites is 1. The predicted molar refractivity (Wildman–Crippen MR) is 102 cm³/mol. The number of benzene rings is 1. The van der Waals surface area contributed by atoms with Crippen molar-refractivity contribution >= 4 is 38.7 Å². The molecule has 2 heterocycles. The van der Waals surface area contributed by atoms with Crippen molar-refractivity contribution in [3.05, 3.63) is 52.2 Å². The maximum absolute atomic E-state index is 12.4. The van der Waals surface area contributed by atoms with Crippen LogP contribution < -0.4 is 4.72 Å². The van der Waals surface area contributed by atoms with E-state index in [0.717, 1.165) is 11.8 Å². The summed E-state index contributed by atoms with van der Waals surface area (Å²) in [6, 6.07) is 8.76. The number of carbonyl (C=O) groups excluding carboxylic acids is 1. The van der Waals surface area contributed by atoms with Crippen LogP contribution in [0.1, 0.15) is 23.6 Å². The van der Waals surface area contributed by atoms with Gasteiger partial charge in [-0.15, -0.1) is 0 Å². The number of sulfonamides is 1. The second kappa shape index (κ2) is 7.56. The fourth-order valence-corrected chi connectivity index (χ4v) is 4.12. The van der Waals surface area contributed by atoms with Gasteiger partial charge in [-0.05, 0) is 28.5 Å². The van der Waals surface area contributed by atoms with E-state index in [1.807, 2.05) is 22.9 Å². The Labute approximate surface area is 156 Å². The summed E-state index contributed by atoms with van der Waals surface area (Å²) in [4.78, 5) is 12.4. The van der Waals surface area contributed by atoms with Gasteiger partial charge in [-0.2, -0.15) is 16.4 Å². The SMILES string of the molecule is COCC(=O)N1N=C(c2ccccc2NS(C)(=O)=O)C[C@H]1c1ccsc1. The molecule has 26 heavy (non-hydrogen) atoms. The standard InChI is InChI=1S/C17H19N3O4S2/c1-24-10-17(21)20-16(12-7-8-25-11-12)9-15(18-20)13-5-3-4-6-14(13)19-26(2,22)23/h3-8,11,16,19H,9-10H2,1-2H3/t16-/m0/s1. The van der Waals surface area contributed by atoms with Crippen LogP contribution in [0, 0.1) is 0 Å². The summed E-state index contributed by atoms with van der Waals surface area (Å²) in [6.45, 7) is -0.0688. The number of amides is 1. The van der Waals surface area contributed by atoms with Gasteiger partial charge in [0.25, 0.3) is 5.91 Å². The topological polar surface area (TPSA) is 88.1 Å². The highest BCUT2D eigenvalue weighted by Crippen LogP contribution is 2.35. The summed E-state index contributed by atoms with van der Waals surface area (Å²) in [5.41, 5.74) is 2.74. The molecular weight excluding hydrogens is 374 g/mol. The first-order chi connectivity index (χ1) is 12.4. The maximum atomic E-state index is 12.4. The lowest BCUT2D eigenvalue weighted by atomic mass is 9.99. The summed E-state index contributed by atoms with van der Waals surface area (Å²) in [5.74, 6) is -0.243. The molecule has 3 rings (SSSR count). The van der Waals surface area contributed by atoms with E-state index in [1.165, 1.54) is 12.1 Å². The molecule has 0 fully saturated rings. The molecule has 0 radical (unpaired) electrons. The molecule has 1 atom stereocenters. The quantitative estimate of drug-likeness (QED) is 0.816. The number of rotatable bonds is 6. The molecule has 9 heteroatoms. The largest absolute Gasteiger partial charge is 0.375 e. The zero-order valence-corrected chi connectivity index (χ0v) is 16.0. The average Bonchev–Trinajstić information content (AvgIpc) is 3.23. The molecule has 0 saturated carbocycles. The molecule has 0 unspecified atom stereocenters. The van der Waals surface area contributed by atoms with E-state index in [1.54, 1.807) is 29.5 Å². The average molecular weight is 393 g/mol. The summed E-state index contributed by atoms with van der Waals surface area (Å²) in [6.07, 6.45) is 1.59. The van der Waals surface area contributed by atoms with Gasteiger partial charge in [-0.3, -0.25) is 9.52 Å². The highest BCUT2D eigenvalue weighted by atomic mass is 32.2. The number of thiophene rings is 1. The minimum atomic E-state index is -3.43. The molecule has 0 saturated heterocycles. The van der Waals surface area contributed by atoms with Crippen molar-refractivity contribution in [3.8, 4) is 0 Å². The van der Waals surface area contributed by atoms with Crippen LogP contribution in [0.2, 0.25) is 0 Å². The van der Waals surface area contributed by atoms with E-state index >= 15 is 0 Å². The Morgan fingerprint density at radius 2 is 2.15 bits per heavy atom. The normalized spacial score (nSPS) is 17.2. The molecular formula is C17H19N3O4S2. The maximum Gasteiger partial charge on any atom is 0.269 e. The number of hydrogen-bond acceptors (Lipinski definition) is 6. The first-order valence-corrected chi connectivity index (χ1v) is 10.7. The third-order valence-corrected chi connectivity index (χ3v) is 5.19. The summed E-state index contributed by atoms with van der Waals surface area (Å²) in [5, 5.41) is 9.86. The summed E-state index contributed by atoms with van der Waals surface area (Å²) in [7, 11) is -1.97.